The molecule has 0 radical (unpaired) electrons. The summed E-state index contributed by atoms with van der Waals surface area (Å²) in [6, 6.07) is 2.34. The van der Waals surface area contributed by atoms with Crippen LogP contribution in [0.2, 0.25) is 0 Å². The summed E-state index contributed by atoms with van der Waals surface area (Å²) in [6.45, 7) is 8.04. The molecule has 0 saturated carbocycles. The van der Waals surface area contributed by atoms with Crippen molar-refractivity contribution in [3.63, 3.8) is 0 Å². The number of thiophene rings is 1. The number of nitrogens with one attached hydrogen (secondary N) is 1. The highest BCUT2D eigenvalue weighted by atomic mass is 32.1. The van der Waals surface area contributed by atoms with E-state index in [1.165, 1.54) is 28.2 Å². The number of hydrogen-bond acceptors (Lipinski definition) is 5. The minimum Gasteiger partial charge on any atom is -0.389 e. The molecule has 5 aromatic rings. The summed E-state index contributed by atoms with van der Waals surface area (Å²) < 4.78 is 5.35. The van der Waals surface area contributed by atoms with Crippen LogP contribution in [-0.2, 0) is 26.4 Å². The first-order valence-electron chi connectivity index (χ1n) is 12.6. The summed E-state index contributed by atoms with van der Waals surface area (Å²) in [5.74, 6) is 0. The van der Waals surface area contributed by atoms with Gasteiger partial charge >= 0.3 is 5.69 Å². The molecule has 1 aliphatic rings. The number of imidazole rings is 1. The lowest BCUT2D eigenvalue weighted by atomic mass is 9.98. The number of hydrogen-bond donors (Lipinski definition) is 2. The molecule has 1 aliphatic carbocycles. The maximum atomic E-state index is 13.2. The topological polar surface area (TPSA) is 93.7 Å². The van der Waals surface area contributed by atoms with Gasteiger partial charge in [0.05, 0.1) is 46.7 Å². The summed E-state index contributed by atoms with van der Waals surface area (Å²) in [5.41, 5.74) is 5.98. The number of aromatic nitrogens is 6. The average Bonchev–Trinajstić information content (AvgIpc) is 3.56. The molecule has 0 bridgehead atoms. The largest absolute Gasteiger partial charge is 0.389 e. The third-order valence-electron chi connectivity index (χ3n) is 7.10. The molecule has 188 valence electrons. The summed E-state index contributed by atoms with van der Waals surface area (Å²) in [4.78, 5) is 24.3. The highest BCUT2D eigenvalue weighted by Crippen LogP contribution is 2.45. The van der Waals surface area contributed by atoms with Crippen LogP contribution in [0.15, 0.2) is 29.5 Å². The summed E-state index contributed by atoms with van der Waals surface area (Å²) in [5, 5.41) is 15.8. The van der Waals surface area contributed by atoms with E-state index in [0.717, 1.165) is 51.7 Å². The van der Waals surface area contributed by atoms with Crippen LogP contribution >= 0.6 is 11.3 Å². The van der Waals surface area contributed by atoms with Gasteiger partial charge in [-0.2, -0.15) is 5.10 Å². The van der Waals surface area contributed by atoms with E-state index in [4.69, 9.17) is 4.98 Å². The maximum absolute atomic E-state index is 13.2. The molecule has 9 heteroatoms. The fraction of sp³-hybridized carbons (Fsp3) is 0.444. The molecule has 6 rings (SSSR count). The molecule has 8 nitrogen and oxygen atoms in total. The Bertz CT molecular complexity index is 1650. The van der Waals surface area contributed by atoms with Crippen LogP contribution in [0.1, 0.15) is 57.0 Å². The Kier molecular flexibility index (Phi) is 5.28. The zero-order valence-corrected chi connectivity index (χ0v) is 22.2. The molecule has 5 heterocycles. The summed E-state index contributed by atoms with van der Waals surface area (Å²) >= 11 is 1.86. The number of pyridine rings is 1. The van der Waals surface area contributed by atoms with E-state index in [1.807, 2.05) is 49.2 Å². The molecule has 5 aromatic heterocycles. The van der Waals surface area contributed by atoms with Crippen molar-refractivity contribution >= 4 is 33.4 Å². The van der Waals surface area contributed by atoms with Crippen LogP contribution in [0.3, 0.4) is 0 Å². The average molecular weight is 505 g/mol. The highest BCUT2D eigenvalue weighted by molar-refractivity contribution is 7.15. The zero-order valence-electron chi connectivity index (χ0n) is 21.4. The predicted octanol–water partition coefficient (Wildman–Crippen LogP) is 5.04. The van der Waals surface area contributed by atoms with Crippen molar-refractivity contribution in [2.24, 2.45) is 7.05 Å². The van der Waals surface area contributed by atoms with Crippen LogP contribution in [0, 0.1) is 0 Å². The molecular weight excluding hydrogens is 472 g/mol. The highest BCUT2D eigenvalue weighted by Gasteiger charge is 2.26. The number of fused-ring (bicyclic) bond motifs is 4. The standard InChI is InChI=1S/C27H32N6O2S/c1-15(2)33-24-18(31(5)26(33)34)12-28-25-22(24)21(20-10-16-8-6-7-9-19(16)36-20)23(30-25)17-11-29-32(13-17)14-27(3,4)35/h10-13,15,35H,6-9,14H2,1-5H3,(H,28,30). The van der Waals surface area contributed by atoms with Crippen molar-refractivity contribution in [2.45, 2.75) is 71.6 Å². The predicted molar refractivity (Wildman–Crippen MR) is 145 cm³/mol. The second-order valence-electron chi connectivity index (χ2n) is 10.9. The molecule has 0 atom stereocenters. The van der Waals surface area contributed by atoms with Gasteiger partial charge in [0.2, 0.25) is 0 Å². The number of aryl methyl sites for hydroxylation is 3. The smallest absolute Gasteiger partial charge is 0.329 e. The van der Waals surface area contributed by atoms with Crippen molar-refractivity contribution in [3.05, 3.63) is 45.6 Å². The molecule has 2 N–H and O–H groups in total. The molecule has 0 unspecified atom stereocenters. The lowest BCUT2D eigenvalue weighted by Crippen LogP contribution is -2.26. The zero-order chi connectivity index (χ0) is 25.4. The summed E-state index contributed by atoms with van der Waals surface area (Å²) in [7, 11) is 1.81. The van der Waals surface area contributed by atoms with Gasteiger partial charge in [0.15, 0.2) is 0 Å². The normalized spacial score (nSPS) is 14.4. The van der Waals surface area contributed by atoms with Gasteiger partial charge in [-0.15, -0.1) is 11.3 Å². The van der Waals surface area contributed by atoms with Crippen molar-refractivity contribution < 1.29 is 5.11 Å². The van der Waals surface area contributed by atoms with E-state index in [1.54, 1.807) is 29.3 Å². The number of aromatic amines is 1. The van der Waals surface area contributed by atoms with Crippen molar-refractivity contribution in [1.82, 2.24) is 28.9 Å². The Hall–Kier alpha value is -3.17. The lowest BCUT2D eigenvalue weighted by molar-refractivity contribution is 0.0577. The van der Waals surface area contributed by atoms with Gasteiger partial charge in [-0.3, -0.25) is 13.8 Å². The molecule has 36 heavy (non-hydrogen) atoms. The van der Waals surface area contributed by atoms with Crippen molar-refractivity contribution in [2.75, 3.05) is 0 Å². The minimum atomic E-state index is -0.871. The van der Waals surface area contributed by atoms with Crippen LogP contribution in [0.25, 0.3) is 43.8 Å². The van der Waals surface area contributed by atoms with E-state index >= 15 is 0 Å². The van der Waals surface area contributed by atoms with E-state index in [9.17, 15) is 9.90 Å². The van der Waals surface area contributed by atoms with Gasteiger partial charge in [0.1, 0.15) is 5.65 Å². The van der Waals surface area contributed by atoms with Crippen molar-refractivity contribution in [1.29, 1.82) is 0 Å². The Morgan fingerprint density at radius 1 is 1.22 bits per heavy atom. The van der Waals surface area contributed by atoms with Gasteiger partial charge in [-0.25, -0.2) is 9.78 Å². The van der Waals surface area contributed by atoms with Gasteiger partial charge in [0.25, 0.3) is 0 Å². The Labute approximate surface area is 213 Å². The quantitative estimate of drug-likeness (QED) is 0.351. The molecule has 0 aliphatic heterocycles. The molecule has 0 aromatic carbocycles. The summed E-state index contributed by atoms with van der Waals surface area (Å²) in [6.07, 6.45) is 10.3. The fourth-order valence-electron chi connectivity index (χ4n) is 5.51. The van der Waals surface area contributed by atoms with E-state index < -0.39 is 5.60 Å². The van der Waals surface area contributed by atoms with Crippen LogP contribution in [0.5, 0.6) is 0 Å². The molecule has 0 amide bonds. The number of aliphatic hydroxyl groups is 1. The second-order valence-corrected chi connectivity index (χ2v) is 12.0. The van der Waals surface area contributed by atoms with E-state index in [-0.39, 0.29) is 11.7 Å². The molecule has 0 spiro atoms. The Balaban J connectivity index is 1.69. The maximum Gasteiger partial charge on any atom is 0.329 e. The first-order valence-corrected chi connectivity index (χ1v) is 13.4. The van der Waals surface area contributed by atoms with Gasteiger partial charge < -0.3 is 10.1 Å². The van der Waals surface area contributed by atoms with Crippen molar-refractivity contribution in [3.8, 4) is 21.7 Å². The Morgan fingerprint density at radius 3 is 2.72 bits per heavy atom. The SMILES string of the molecule is CC(C)n1c(=O)n(C)c2cnc3[nH]c(-c4cnn(CC(C)(C)O)c4)c(-c4cc5c(s4)CCCC5)c3c21. The van der Waals surface area contributed by atoms with Gasteiger partial charge in [-0.05, 0) is 65.0 Å². The first kappa shape index (κ1) is 23.2. The number of rotatable bonds is 5. The molecular formula is C27H32N6O2S. The third-order valence-corrected chi connectivity index (χ3v) is 8.36. The monoisotopic (exact) mass is 504 g/mol. The number of nitrogens with zero attached hydrogens (tertiary/aromatic N) is 5. The van der Waals surface area contributed by atoms with Crippen LogP contribution in [-0.4, -0.2) is 39.6 Å². The van der Waals surface area contributed by atoms with E-state index in [0.29, 0.717) is 6.54 Å². The number of H-pyrrole nitrogens is 1. The third kappa shape index (κ3) is 3.64. The second kappa shape index (κ2) is 8.18. The fourth-order valence-corrected chi connectivity index (χ4v) is 6.82. The molecule has 0 saturated heterocycles. The Morgan fingerprint density at radius 2 is 2.00 bits per heavy atom. The van der Waals surface area contributed by atoms with Crippen LogP contribution in [0.4, 0.5) is 0 Å². The minimum absolute atomic E-state index is 0.00378. The molecule has 0 fully saturated rings. The van der Waals surface area contributed by atoms with Gasteiger partial charge in [-0.1, -0.05) is 0 Å². The van der Waals surface area contributed by atoms with E-state index in [2.05, 4.69) is 16.1 Å². The van der Waals surface area contributed by atoms with Crippen LogP contribution < -0.4 is 5.69 Å². The first-order chi connectivity index (χ1) is 17.1. The lowest BCUT2D eigenvalue weighted by Gasteiger charge is -2.16. The van der Waals surface area contributed by atoms with Gasteiger partial charge in [0, 0.05) is 40.2 Å².